The standard InChI is InChI=1S/C19H12N2O3/c1-9-7-12-14(13(8-9)24-2)15-16(17(12)21-20)19(23)11-6-4-3-5-10(11)18(15)22/h3-8H,1-2H3. The van der Waals surface area contributed by atoms with Gasteiger partial charge in [-0.1, -0.05) is 24.3 Å². The molecule has 0 spiro atoms. The van der Waals surface area contributed by atoms with E-state index in [-0.39, 0.29) is 26.7 Å². The zero-order chi connectivity index (χ0) is 17.0. The summed E-state index contributed by atoms with van der Waals surface area (Å²) in [5.74, 6) is 0.483. The smallest absolute Gasteiger partial charge is 0.335 e. The van der Waals surface area contributed by atoms with Crippen LogP contribution in [0.3, 0.4) is 0 Å². The number of nitrogens with zero attached hydrogens (tertiary/aromatic N) is 2. The van der Waals surface area contributed by atoms with Crippen LogP contribution in [0.2, 0.25) is 0 Å². The van der Waals surface area contributed by atoms with Crippen LogP contribution in [0.5, 0.6) is 5.75 Å². The molecule has 0 atom stereocenters. The van der Waals surface area contributed by atoms with Gasteiger partial charge in [0.15, 0.2) is 5.43 Å². The molecule has 0 aliphatic heterocycles. The highest BCUT2D eigenvalue weighted by molar-refractivity contribution is 5.93. The number of rotatable bonds is 1. The Morgan fingerprint density at radius 3 is 2.17 bits per heavy atom. The van der Waals surface area contributed by atoms with E-state index < -0.39 is 0 Å². The average molecular weight is 316 g/mol. The van der Waals surface area contributed by atoms with Crippen molar-refractivity contribution in [3.8, 4) is 5.75 Å². The van der Waals surface area contributed by atoms with Crippen molar-refractivity contribution in [2.75, 3.05) is 7.11 Å². The lowest BCUT2D eigenvalue weighted by atomic mass is 10.1. The lowest BCUT2D eigenvalue weighted by Gasteiger charge is -2.03. The number of fused-ring (bicyclic) bond motifs is 3. The van der Waals surface area contributed by atoms with Crippen molar-refractivity contribution >= 4 is 21.5 Å². The second-order valence-corrected chi connectivity index (χ2v) is 5.79. The van der Waals surface area contributed by atoms with Crippen LogP contribution in [0.4, 0.5) is 0 Å². The minimum Gasteiger partial charge on any atom is -0.496 e. The lowest BCUT2D eigenvalue weighted by molar-refractivity contribution is -0.0635. The van der Waals surface area contributed by atoms with Crippen molar-refractivity contribution in [3.05, 3.63) is 83.7 Å². The molecular formula is C19H12N2O3. The summed E-state index contributed by atoms with van der Waals surface area (Å²) in [6.45, 7) is 1.87. The van der Waals surface area contributed by atoms with Gasteiger partial charge in [-0.15, -0.1) is 0 Å². The molecule has 0 radical (unpaired) electrons. The predicted molar refractivity (Wildman–Crippen MR) is 89.7 cm³/mol. The molecule has 0 aromatic heterocycles. The van der Waals surface area contributed by atoms with Gasteiger partial charge >= 0.3 is 5.36 Å². The summed E-state index contributed by atoms with van der Waals surface area (Å²) in [6.07, 6.45) is 0. The monoisotopic (exact) mass is 316 g/mol. The highest BCUT2D eigenvalue weighted by atomic mass is 16.5. The van der Waals surface area contributed by atoms with Crippen LogP contribution < -0.4 is 21.0 Å². The van der Waals surface area contributed by atoms with Gasteiger partial charge in [0.1, 0.15) is 11.0 Å². The van der Waals surface area contributed by atoms with Crippen molar-refractivity contribution < 1.29 is 9.53 Å². The molecule has 116 valence electrons. The second kappa shape index (κ2) is 4.85. The number of hydrogen-bond donors (Lipinski definition) is 0. The summed E-state index contributed by atoms with van der Waals surface area (Å²) in [6, 6.07) is 10.3. The van der Waals surface area contributed by atoms with Gasteiger partial charge in [-0.05, 0) is 24.6 Å². The molecule has 5 heteroatoms. The van der Waals surface area contributed by atoms with Crippen LogP contribution in [0.1, 0.15) is 5.56 Å². The third kappa shape index (κ3) is 1.64. The van der Waals surface area contributed by atoms with Crippen molar-refractivity contribution in [1.82, 2.24) is 0 Å². The van der Waals surface area contributed by atoms with E-state index in [2.05, 4.69) is 4.79 Å². The van der Waals surface area contributed by atoms with Crippen LogP contribution in [0.15, 0.2) is 46.0 Å². The highest BCUT2D eigenvalue weighted by Crippen LogP contribution is 2.27. The molecule has 0 N–H and O–H groups in total. The van der Waals surface area contributed by atoms with Gasteiger partial charge in [0.25, 0.3) is 0 Å². The first-order valence-electron chi connectivity index (χ1n) is 7.43. The summed E-state index contributed by atoms with van der Waals surface area (Å²) >= 11 is 0. The fraction of sp³-hybridized carbons (Fsp3) is 0.105. The van der Waals surface area contributed by atoms with E-state index in [1.54, 1.807) is 36.4 Å². The van der Waals surface area contributed by atoms with E-state index in [1.165, 1.54) is 7.11 Å². The first-order valence-corrected chi connectivity index (χ1v) is 7.43. The molecular weight excluding hydrogens is 304 g/mol. The Bertz CT molecular complexity index is 1390. The number of methoxy groups -OCH3 is 1. The Kier molecular flexibility index (Phi) is 2.89. The zero-order valence-electron chi connectivity index (χ0n) is 13.1. The van der Waals surface area contributed by atoms with Crippen LogP contribution >= 0.6 is 0 Å². The molecule has 2 aromatic rings. The maximum Gasteiger partial charge on any atom is 0.335 e. The number of aryl methyl sites for hydroxylation is 1. The number of benzene rings is 2. The van der Waals surface area contributed by atoms with E-state index in [0.717, 1.165) is 5.56 Å². The van der Waals surface area contributed by atoms with Crippen LogP contribution in [0, 0.1) is 17.4 Å². The third-order valence-corrected chi connectivity index (χ3v) is 4.43. The Morgan fingerprint density at radius 2 is 1.58 bits per heavy atom. The summed E-state index contributed by atoms with van der Waals surface area (Å²) in [4.78, 5) is 29.3. The zero-order valence-corrected chi connectivity index (χ0v) is 13.1. The third-order valence-electron chi connectivity index (χ3n) is 4.43. The minimum absolute atomic E-state index is 0.120. The van der Waals surface area contributed by atoms with E-state index in [1.807, 2.05) is 6.92 Å². The Morgan fingerprint density at radius 1 is 0.958 bits per heavy atom. The van der Waals surface area contributed by atoms with Gasteiger partial charge in [0, 0.05) is 16.2 Å². The maximum atomic E-state index is 13.0. The van der Waals surface area contributed by atoms with Gasteiger partial charge in [-0.2, -0.15) is 4.79 Å². The maximum absolute atomic E-state index is 13.0. The highest BCUT2D eigenvalue weighted by Gasteiger charge is 2.22. The molecule has 0 saturated heterocycles. The molecule has 0 bridgehead atoms. The Hall–Kier alpha value is -3.30. The molecule has 2 aliphatic carbocycles. The molecule has 2 aromatic carbocycles. The van der Waals surface area contributed by atoms with E-state index >= 15 is 0 Å². The van der Waals surface area contributed by atoms with E-state index in [4.69, 9.17) is 4.74 Å². The Balaban J connectivity index is 2.59. The molecule has 24 heavy (non-hydrogen) atoms. The SMILES string of the molecule is COc1cc(C)cc2c(=[N+]=[N-])c3c(=O)c4ccccc4c(=O)c=3c12. The van der Waals surface area contributed by atoms with Gasteiger partial charge in [-0.25, -0.2) is 0 Å². The van der Waals surface area contributed by atoms with Gasteiger partial charge in [0.05, 0.1) is 17.7 Å². The van der Waals surface area contributed by atoms with Gasteiger partial charge in [0.2, 0.25) is 5.43 Å². The summed E-state index contributed by atoms with van der Waals surface area (Å²) in [7, 11) is 1.51. The van der Waals surface area contributed by atoms with Crippen molar-refractivity contribution in [1.29, 1.82) is 0 Å². The molecule has 0 fully saturated rings. The largest absolute Gasteiger partial charge is 0.496 e. The van der Waals surface area contributed by atoms with Gasteiger partial charge in [-0.3, -0.25) is 9.59 Å². The quantitative estimate of drug-likeness (QED) is 0.396. The molecule has 0 unspecified atom stereocenters. The molecule has 0 amide bonds. The Labute approximate surface area is 135 Å². The normalized spacial score (nSPS) is 11.2. The predicted octanol–water partition coefficient (Wildman–Crippen LogP) is 1.76. The molecule has 4 rings (SSSR count). The lowest BCUT2D eigenvalue weighted by Crippen LogP contribution is -2.19. The van der Waals surface area contributed by atoms with Crippen LogP contribution in [-0.4, -0.2) is 11.9 Å². The first kappa shape index (κ1) is 14.3. The van der Waals surface area contributed by atoms with Gasteiger partial charge < -0.3 is 10.3 Å². The second-order valence-electron chi connectivity index (χ2n) is 5.79. The average Bonchev–Trinajstić information content (AvgIpc) is 2.93. The van der Waals surface area contributed by atoms with E-state index in [0.29, 0.717) is 27.3 Å². The van der Waals surface area contributed by atoms with Crippen LogP contribution in [0.25, 0.3) is 27.1 Å². The molecule has 0 saturated carbocycles. The van der Waals surface area contributed by atoms with Crippen molar-refractivity contribution in [3.63, 3.8) is 0 Å². The molecule has 2 aliphatic rings. The van der Waals surface area contributed by atoms with Crippen LogP contribution in [-0.2, 0) is 0 Å². The number of ether oxygens (including phenoxy) is 1. The fourth-order valence-electron chi connectivity index (χ4n) is 3.44. The molecule has 0 heterocycles. The van der Waals surface area contributed by atoms with E-state index in [9.17, 15) is 15.1 Å². The topological polar surface area (TPSA) is 79.8 Å². The summed E-state index contributed by atoms with van der Waals surface area (Å²) < 4.78 is 5.42. The molecule has 5 nitrogen and oxygen atoms in total. The van der Waals surface area contributed by atoms with Crippen molar-refractivity contribution in [2.45, 2.75) is 6.92 Å². The number of hydrogen-bond acceptors (Lipinski definition) is 3. The minimum atomic E-state index is -0.316. The fourth-order valence-corrected chi connectivity index (χ4v) is 3.44. The summed E-state index contributed by atoms with van der Waals surface area (Å²) in [5, 5.41) is 2.24. The van der Waals surface area contributed by atoms with Crippen molar-refractivity contribution in [2.24, 2.45) is 0 Å². The first-order chi connectivity index (χ1) is 11.6. The summed E-state index contributed by atoms with van der Waals surface area (Å²) in [5.41, 5.74) is 9.81.